The molecule has 2 atom stereocenters. The standard InChI is InChI=1S/C30H31FN4O3/c1-38-27-11-10-19(16-20(27)18-34-12-14-35(15-13-34)26-9-5-3-7-23(26)31)28-29-22(17-25(33-28)30(36)37)21-6-2-4-8-24(21)32-29/h2-11,16,25,28,32-33H,12-15,17-18H2,1H3,(H,36,37)/t25-,28-/m1/s1/i12D2,13D2,14D2,15D2. The average molecular weight is 523 g/mol. The van der Waals surface area contributed by atoms with Crippen LogP contribution in [-0.2, 0) is 17.8 Å². The van der Waals surface area contributed by atoms with Crippen molar-refractivity contribution in [3.63, 3.8) is 0 Å². The number of aliphatic carboxylic acids is 1. The summed E-state index contributed by atoms with van der Waals surface area (Å²) in [6.07, 6.45) is 0.227. The highest BCUT2D eigenvalue weighted by molar-refractivity contribution is 5.87. The van der Waals surface area contributed by atoms with Crippen molar-refractivity contribution in [2.75, 3.05) is 38.0 Å². The third kappa shape index (κ3) is 4.50. The summed E-state index contributed by atoms with van der Waals surface area (Å²) in [6, 6.07) is 15.4. The minimum atomic E-state index is -3.27. The fourth-order valence-corrected chi connectivity index (χ4v) is 5.04. The highest BCUT2D eigenvalue weighted by Crippen LogP contribution is 2.37. The van der Waals surface area contributed by atoms with E-state index >= 15 is 0 Å². The molecule has 3 heterocycles. The van der Waals surface area contributed by atoms with Crippen LogP contribution >= 0.6 is 0 Å². The van der Waals surface area contributed by atoms with Crippen LogP contribution in [0.3, 0.4) is 0 Å². The van der Waals surface area contributed by atoms with E-state index in [1.165, 1.54) is 19.2 Å². The number of carboxylic acids is 1. The normalized spacial score (nSPS) is 28.3. The van der Waals surface area contributed by atoms with Crippen LogP contribution < -0.4 is 15.0 Å². The Balaban J connectivity index is 1.45. The van der Waals surface area contributed by atoms with Crippen LogP contribution in [-0.4, -0.2) is 60.1 Å². The van der Waals surface area contributed by atoms with E-state index in [-0.39, 0.29) is 22.6 Å². The molecule has 3 aromatic carbocycles. The zero-order chi connectivity index (χ0) is 33.4. The van der Waals surface area contributed by atoms with Crippen molar-refractivity contribution in [3.05, 3.63) is 94.9 Å². The quantitative estimate of drug-likeness (QED) is 0.350. The molecule has 7 nitrogen and oxygen atoms in total. The molecule has 0 amide bonds. The molecule has 196 valence electrons. The lowest BCUT2D eigenvalue weighted by atomic mass is 9.89. The zero-order valence-corrected chi connectivity index (χ0v) is 20.5. The summed E-state index contributed by atoms with van der Waals surface area (Å²) in [4.78, 5) is 16.2. The van der Waals surface area contributed by atoms with Gasteiger partial charge in [0.1, 0.15) is 17.6 Å². The molecule has 0 spiro atoms. The average Bonchev–Trinajstić information content (AvgIpc) is 3.38. The van der Waals surface area contributed by atoms with E-state index in [4.69, 9.17) is 15.7 Å². The largest absolute Gasteiger partial charge is 0.496 e. The SMILES string of the molecule is [2H]C1([2H])N(Cc2cc([C@H]3N[C@@H](C(=O)O)Cc4c3[nH]c3ccccc43)ccc2OC)C([2H])([2H])C([2H])([2H])N(c2ccccc2F)C1([2H])[2H]. The maximum absolute atomic E-state index is 14.9. The van der Waals surface area contributed by atoms with E-state index in [9.17, 15) is 14.3 Å². The van der Waals surface area contributed by atoms with Crippen molar-refractivity contribution in [3.8, 4) is 5.75 Å². The lowest BCUT2D eigenvalue weighted by Crippen LogP contribution is -2.46. The fraction of sp³-hybridized carbons (Fsp3) is 0.300. The van der Waals surface area contributed by atoms with Gasteiger partial charge in [-0.2, -0.15) is 0 Å². The van der Waals surface area contributed by atoms with E-state index in [0.29, 0.717) is 10.5 Å². The highest BCUT2D eigenvalue weighted by Gasteiger charge is 2.34. The number of hydrogen-bond acceptors (Lipinski definition) is 5. The Morgan fingerprint density at radius 2 is 1.87 bits per heavy atom. The van der Waals surface area contributed by atoms with E-state index in [1.54, 1.807) is 18.2 Å². The van der Waals surface area contributed by atoms with Crippen molar-refractivity contribution < 1.29 is 30.0 Å². The summed E-state index contributed by atoms with van der Waals surface area (Å²) in [7, 11) is 1.35. The van der Waals surface area contributed by atoms with Gasteiger partial charge in [0.25, 0.3) is 0 Å². The molecular formula is C30H31FN4O3. The number of hydrogen-bond donors (Lipinski definition) is 3. The Labute approximate surface area is 232 Å². The Morgan fingerprint density at radius 3 is 2.63 bits per heavy atom. The molecule has 0 radical (unpaired) electrons. The molecule has 0 aliphatic carbocycles. The lowest BCUT2D eigenvalue weighted by molar-refractivity contribution is -0.139. The number of piperazine rings is 1. The number of carboxylic acid groups (broad SMARTS) is 1. The smallest absolute Gasteiger partial charge is 0.321 e. The number of halogens is 1. The van der Waals surface area contributed by atoms with Crippen LogP contribution in [0.2, 0.25) is 0 Å². The molecule has 0 saturated carbocycles. The number of aromatic nitrogens is 1. The maximum Gasteiger partial charge on any atom is 0.321 e. The van der Waals surface area contributed by atoms with Crippen molar-refractivity contribution >= 4 is 22.6 Å². The van der Waals surface area contributed by atoms with Gasteiger partial charge >= 0.3 is 5.97 Å². The van der Waals surface area contributed by atoms with Gasteiger partial charge in [-0.1, -0.05) is 36.4 Å². The van der Waals surface area contributed by atoms with Crippen molar-refractivity contribution in [1.82, 2.24) is 15.2 Å². The number of para-hydroxylation sites is 2. The van der Waals surface area contributed by atoms with Crippen LogP contribution in [0, 0.1) is 5.82 Å². The molecule has 6 rings (SSSR count). The summed E-state index contributed by atoms with van der Waals surface area (Å²) in [5, 5.41) is 14.0. The van der Waals surface area contributed by atoms with Crippen molar-refractivity contribution in [1.29, 1.82) is 0 Å². The van der Waals surface area contributed by atoms with Crippen LogP contribution in [0.15, 0.2) is 66.7 Å². The predicted octanol–water partition coefficient (Wildman–Crippen LogP) is 4.33. The van der Waals surface area contributed by atoms with Crippen molar-refractivity contribution in [2.24, 2.45) is 0 Å². The van der Waals surface area contributed by atoms with Gasteiger partial charge in [0.15, 0.2) is 0 Å². The van der Waals surface area contributed by atoms with Gasteiger partial charge in [-0.25, -0.2) is 4.39 Å². The van der Waals surface area contributed by atoms with Gasteiger partial charge in [-0.3, -0.25) is 15.0 Å². The number of ether oxygens (including phenoxy) is 1. The summed E-state index contributed by atoms with van der Waals surface area (Å²) in [6.45, 7) is -13.6. The van der Waals surface area contributed by atoms with Gasteiger partial charge in [-0.15, -0.1) is 0 Å². The number of nitrogens with one attached hydrogen (secondary N) is 2. The van der Waals surface area contributed by atoms with Crippen LogP contribution in [0.1, 0.15) is 39.4 Å². The number of benzene rings is 3. The number of carbonyl (C=O) groups is 1. The number of aromatic amines is 1. The predicted molar refractivity (Wildman–Crippen MR) is 145 cm³/mol. The molecule has 38 heavy (non-hydrogen) atoms. The molecule has 1 fully saturated rings. The number of anilines is 1. The Morgan fingerprint density at radius 1 is 1.11 bits per heavy atom. The van der Waals surface area contributed by atoms with Crippen LogP contribution in [0.5, 0.6) is 5.75 Å². The maximum atomic E-state index is 14.9. The lowest BCUT2D eigenvalue weighted by Gasteiger charge is -2.36. The molecule has 0 bridgehead atoms. The number of fused-ring (bicyclic) bond motifs is 3. The zero-order valence-electron chi connectivity index (χ0n) is 28.5. The third-order valence-corrected chi connectivity index (χ3v) is 6.86. The second-order valence-electron chi connectivity index (χ2n) is 9.15. The van der Waals surface area contributed by atoms with E-state index in [2.05, 4.69) is 10.3 Å². The molecule has 4 aromatic rings. The minimum Gasteiger partial charge on any atom is -0.496 e. The summed E-state index contributed by atoms with van der Waals surface area (Å²) in [5.74, 6) is -1.90. The number of methoxy groups -OCH3 is 1. The van der Waals surface area contributed by atoms with Gasteiger partial charge in [0, 0.05) is 66.6 Å². The summed E-state index contributed by atoms with van der Waals surface area (Å²) < 4.78 is 90.8. The Hall–Kier alpha value is -3.88. The summed E-state index contributed by atoms with van der Waals surface area (Å²) in [5.41, 5.74) is 2.46. The molecule has 2 aliphatic heterocycles. The molecule has 1 aromatic heterocycles. The molecule has 3 N–H and O–H groups in total. The van der Waals surface area contributed by atoms with Crippen LogP contribution in [0.4, 0.5) is 10.1 Å². The first kappa shape index (κ1) is 16.9. The first-order chi connectivity index (χ1) is 21.5. The second kappa shape index (κ2) is 10.1. The first-order valence-electron chi connectivity index (χ1n) is 16.1. The second-order valence-corrected chi connectivity index (χ2v) is 9.15. The van der Waals surface area contributed by atoms with Crippen LogP contribution in [0.25, 0.3) is 10.9 Å². The topological polar surface area (TPSA) is 80.8 Å². The monoisotopic (exact) mass is 522 g/mol. The number of nitrogens with zero attached hydrogens (tertiary/aromatic N) is 2. The highest BCUT2D eigenvalue weighted by atomic mass is 19.1. The fourth-order valence-electron chi connectivity index (χ4n) is 5.04. The Kier molecular flexibility index (Phi) is 4.49. The number of rotatable bonds is 6. The van der Waals surface area contributed by atoms with E-state index < -0.39 is 62.1 Å². The first-order valence-corrected chi connectivity index (χ1v) is 12.1. The van der Waals surface area contributed by atoms with Gasteiger partial charge in [-0.05, 0) is 41.5 Å². The molecule has 8 heteroatoms. The van der Waals surface area contributed by atoms with Gasteiger partial charge in [0.2, 0.25) is 0 Å². The van der Waals surface area contributed by atoms with E-state index in [0.717, 1.165) is 34.3 Å². The molecule has 0 unspecified atom stereocenters. The minimum absolute atomic E-state index is 0.189. The molecule has 1 saturated heterocycles. The third-order valence-electron chi connectivity index (χ3n) is 6.86. The van der Waals surface area contributed by atoms with Gasteiger partial charge < -0.3 is 19.7 Å². The van der Waals surface area contributed by atoms with Gasteiger partial charge in [0.05, 0.1) is 24.3 Å². The summed E-state index contributed by atoms with van der Waals surface area (Å²) >= 11 is 0. The van der Waals surface area contributed by atoms with Crippen molar-refractivity contribution in [2.45, 2.75) is 25.0 Å². The number of H-pyrrole nitrogens is 1. The molecular weight excluding hydrogens is 483 g/mol. The Bertz CT molecular complexity index is 1810. The molecule has 2 aliphatic rings. The van der Waals surface area contributed by atoms with E-state index in [1.807, 2.05) is 24.3 Å².